The second kappa shape index (κ2) is 6.80. The number of rotatable bonds is 5. The van der Waals surface area contributed by atoms with Crippen LogP contribution >= 0.6 is 0 Å². The molecule has 0 N–H and O–H groups in total. The first-order valence-corrected chi connectivity index (χ1v) is 4.44. The van der Waals surface area contributed by atoms with E-state index in [1.165, 1.54) is 13.8 Å². The van der Waals surface area contributed by atoms with Crippen LogP contribution in [0.5, 0.6) is 0 Å². The van der Waals surface area contributed by atoms with Gasteiger partial charge in [0.2, 0.25) is 6.79 Å². The Bertz CT molecular complexity index is 247. The summed E-state index contributed by atoms with van der Waals surface area (Å²) in [6.07, 6.45) is -0.642. The van der Waals surface area contributed by atoms with Crippen LogP contribution in [0.25, 0.3) is 0 Å². The fourth-order valence-corrected chi connectivity index (χ4v) is 0.762. The molecular weight excluding hydrogens is 204 g/mol. The highest BCUT2D eigenvalue weighted by Gasteiger charge is 2.21. The van der Waals surface area contributed by atoms with Crippen molar-refractivity contribution in [1.29, 1.82) is 0 Å². The molecule has 0 aliphatic carbocycles. The number of hydrogen-bond donors (Lipinski definition) is 0. The van der Waals surface area contributed by atoms with E-state index in [1.807, 2.05) is 0 Å². The number of ether oxygens (including phenoxy) is 3. The van der Waals surface area contributed by atoms with E-state index in [-0.39, 0.29) is 0 Å². The van der Waals surface area contributed by atoms with Gasteiger partial charge in [-0.15, -0.1) is 0 Å². The molecule has 0 radical (unpaired) electrons. The molecule has 1 atom stereocenters. The lowest BCUT2D eigenvalue weighted by Gasteiger charge is -2.13. The van der Waals surface area contributed by atoms with Crippen LogP contribution in [-0.2, 0) is 28.6 Å². The van der Waals surface area contributed by atoms with E-state index in [1.54, 1.807) is 6.92 Å². The summed E-state index contributed by atoms with van der Waals surface area (Å²) < 4.78 is 13.6. The lowest BCUT2D eigenvalue weighted by atomic mass is 10.3. The fraction of sp³-hybridized carbons (Fsp3) is 0.667. The summed E-state index contributed by atoms with van der Waals surface area (Å²) in [5.74, 6) is -1.84. The molecule has 0 saturated carbocycles. The highest BCUT2D eigenvalue weighted by Crippen LogP contribution is 2.01. The smallest absolute Gasteiger partial charge is 0.350 e. The Kier molecular flexibility index (Phi) is 6.08. The van der Waals surface area contributed by atoms with E-state index in [9.17, 15) is 14.4 Å². The Morgan fingerprint density at radius 3 is 2.07 bits per heavy atom. The van der Waals surface area contributed by atoms with Crippen molar-refractivity contribution >= 4 is 17.9 Å². The minimum Gasteiger partial charge on any atom is -0.451 e. The predicted octanol–water partition coefficient (Wildman–Crippen LogP) is 0.392. The Morgan fingerprint density at radius 1 is 1.07 bits per heavy atom. The quantitative estimate of drug-likeness (QED) is 0.490. The summed E-state index contributed by atoms with van der Waals surface area (Å²) in [5, 5.41) is 0. The highest BCUT2D eigenvalue weighted by molar-refractivity contribution is 5.78. The lowest BCUT2D eigenvalue weighted by molar-refractivity contribution is -0.178. The molecule has 0 aromatic carbocycles. The van der Waals surface area contributed by atoms with Crippen LogP contribution in [0.1, 0.15) is 27.2 Å². The minimum atomic E-state index is -0.946. The monoisotopic (exact) mass is 218 g/mol. The van der Waals surface area contributed by atoms with Gasteiger partial charge in [0.1, 0.15) is 0 Å². The summed E-state index contributed by atoms with van der Waals surface area (Å²) in [6, 6.07) is 0. The molecule has 0 saturated heterocycles. The van der Waals surface area contributed by atoms with Crippen LogP contribution in [0, 0.1) is 0 Å². The Labute approximate surface area is 87.5 Å². The fourth-order valence-electron chi connectivity index (χ4n) is 0.762. The number of esters is 3. The SMILES string of the molecule is CCC(OC(C)=O)C(=O)OCOC(C)=O. The summed E-state index contributed by atoms with van der Waals surface area (Å²) in [5.41, 5.74) is 0. The molecule has 0 aromatic heterocycles. The van der Waals surface area contributed by atoms with Gasteiger partial charge in [-0.25, -0.2) is 4.79 Å². The standard InChI is InChI=1S/C9H14O6/c1-4-8(15-7(3)11)9(12)14-5-13-6(2)10/h8H,4-5H2,1-3H3. The minimum absolute atomic E-state index is 0.304. The molecule has 0 rings (SSSR count). The van der Waals surface area contributed by atoms with Gasteiger partial charge in [-0.1, -0.05) is 6.92 Å². The second-order valence-corrected chi connectivity index (χ2v) is 2.72. The third-order valence-electron chi connectivity index (χ3n) is 1.41. The average molecular weight is 218 g/mol. The van der Waals surface area contributed by atoms with Gasteiger partial charge < -0.3 is 14.2 Å². The van der Waals surface area contributed by atoms with Gasteiger partial charge in [-0.2, -0.15) is 0 Å². The largest absolute Gasteiger partial charge is 0.451 e. The lowest BCUT2D eigenvalue weighted by Crippen LogP contribution is -2.28. The van der Waals surface area contributed by atoms with Crippen molar-refractivity contribution in [3.63, 3.8) is 0 Å². The maximum Gasteiger partial charge on any atom is 0.350 e. The van der Waals surface area contributed by atoms with Crippen LogP contribution in [0.15, 0.2) is 0 Å². The average Bonchev–Trinajstić information content (AvgIpc) is 2.13. The normalized spacial score (nSPS) is 11.4. The summed E-state index contributed by atoms with van der Waals surface area (Å²) in [6.45, 7) is 3.59. The molecule has 0 fully saturated rings. The van der Waals surface area contributed by atoms with E-state index in [0.717, 1.165) is 0 Å². The maximum atomic E-state index is 11.2. The van der Waals surface area contributed by atoms with Crippen LogP contribution in [0.3, 0.4) is 0 Å². The molecule has 86 valence electrons. The highest BCUT2D eigenvalue weighted by atomic mass is 16.7. The van der Waals surface area contributed by atoms with E-state index in [0.29, 0.717) is 6.42 Å². The van der Waals surface area contributed by atoms with E-state index in [4.69, 9.17) is 0 Å². The van der Waals surface area contributed by atoms with Crippen LogP contribution in [0.2, 0.25) is 0 Å². The van der Waals surface area contributed by atoms with Crippen molar-refractivity contribution in [2.45, 2.75) is 33.3 Å². The molecule has 0 aromatic rings. The molecule has 15 heavy (non-hydrogen) atoms. The maximum absolute atomic E-state index is 11.2. The van der Waals surface area contributed by atoms with Crippen molar-refractivity contribution in [3.8, 4) is 0 Å². The Balaban J connectivity index is 3.93. The third-order valence-corrected chi connectivity index (χ3v) is 1.41. The van der Waals surface area contributed by atoms with Gasteiger partial charge in [0, 0.05) is 13.8 Å². The number of carbonyl (C=O) groups is 3. The van der Waals surface area contributed by atoms with Crippen molar-refractivity contribution in [2.24, 2.45) is 0 Å². The summed E-state index contributed by atoms with van der Waals surface area (Å²) in [7, 11) is 0. The molecule has 0 spiro atoms. The van der Waals surface area contributed by atoms with Crippen molar-refractivity contribution in [3.05, 3.63) is 0 Å². The number of carbonyl (C=O) groups excluding carboxylic acids is 3. The van der Waals surface area contributed by atoms with E-state index >= 15 is 0 Å². The van der Waals surface area contributed by atoms with E-state index in [2.05, 4.69) is 14.2 Å². The molecule has 0 bridgehead atoms. The van der Waals surface area contributed by atoms with Gasteiger partial charge in [0.25, 0.3) is 0 Å². The molecule has 0 amide bonds. The molecule has 0 heterocycles. The van der Waals surface area contributed by atoms with E-state index < -0.39 is 30.8 Å². The molecule has 0 aliphatic heterocycles. The van der Waals surface area contributed by atoms with Crippen LogP contribution < -0.4 is 0 Å². The van der Waals surface area contributed by atoms with Gasteiger partial charge in [-0.3, -0.25) is 9.59 Å². The summed E-state index contributed by atoms with van der Waals surface area (Å²) in [4.78, 5) is 32.1. The molecule has 1 unspecified atom stereocenters. The predicted molar refractivity (Wildman–Crippen MR) is 48.6 cm³/mol. The molecule has 6 heteroatoms. The Morgan fingerprint density at radius 2 is 1.67 bits per heavy atom. The zero-order chi connectivity index (χ0) is 11.8. The summed E-state index contributed by atoms with van der Waals surface area (Å²) >= 11 is 0. The topological polar surface area (TPSA) is 78.9 Å². The van der Waals surface area contributed by atoms with Gasteiger partial charge in [-0.05, 0) is 6.42 Å². The van der Waals surface area contributed by atoms with Crippen molar-refractivity contribution in [1.82, 2.24) is 0 Å². The van der Waals surface area contributed by atoms with Gasteiger partial charge >= 0.3 is 17.9 Å². The van der Waals surface area contributed by atoms with Gasteiger partial charge in [0.05, 0.1) is 0 Å². The third kappa shape index (κ3) is 6.48. The molecular formula is C9H14O6. The van der Waals surface area contributed by atoms with Crippen LogP contribution in [-0.4, -0.2) is 30.8 Å². The first kappa shape index (κ1) is 13.4. The van der Waals surface area contributed by atoms with Crippen molar-refractivity contribution < 1.29 is 28.6 Å². The first-order chi connectivity index (χ1) is 6.97. The first-order valence-electron chi connectivity index (χ1n) is 4.44. The second-order valence-electron chi connectivity index (χ2n) is 2.72. The number of hydrogen-bond acceptors (Lipinski definition) is 6. The Hall–Kier alpha value is -1.59. The van der Waals surface area contributed by atoms with Crippen molar-refractivity contribution in [2.75, 3.05) is 6.79 Å². The zero-order valence-electron chi connectivity index (χ0n) is 8.94. The van der Waals surface area contributed by atoms with Crippen LogP contribution in [0.4, 0.5) is 0 Å². The zero-order valence-corrected chi connectivity index (χ0v) is 8.94. The molecule has 0 aliphatic rings. The molecule has 6 nitrogen and oxygen atoms in total. The van der Waals surface area contributed by atoms with Gasteiger partial charge in [0.15, 0.2) is 6.10 Å².